The Kier molecular flexibility index (Phi) is 6.87. The number of benzene rings is 2. The van der Waals surface area contributed by atoms with Crippen LogP contribution >= 0.6 is 11.6 Å². The van der Waals surface area contributed by atoms with Crippen molar-refractivity contribution in [2.24, 2.45) is 0 Å². The highest BCUT2D eigenvalue weighted by Crippen LogP contribution is 2.30. The van der Waals surface area contributed by atoms with Gasteiger partial charge in [-0.15, -0.1) is 0 Å². The number of hydrogen-bond donors (Lipinski definition) is 0. The number of esters is 2. The van der Waals surface area contributed by atoms with Crippen LogP contribution in [0, 0.1) is 0 Å². The summed E-state index contributed by atoms with van der Waals surface area (Å²) in [7, 11) is -0.380. The lowest BCUT2D eigenvalue weighted by Gasteiger charge is -2.23. The summed E-state index contributed by atoms with van der Waals surface area (Å²) in [6.45, 7) is -0.569. The summed E-state index contributed by atoms with van der Waals surface area (Å²) in [5.74, 6) is -1.03. The first-order chi connectivity index (χ1) is 13.2. The van der Waals surface area contributed by atoms with Crippen LogP contribution in [0.3, 0.4) is 0 Å². The van der Waals surface area contributed by atoms with Crippen LogP contribution in [-0.4, -0.2) is 48.2 Å². The van der Waals surface area contributed by atoms with Crippen LogP contribution in [-0.2, 0) is 24.3 Å². The Hall–Kier alpha value is -2.78. The Bertz CT molecular complexity index is 974. The Morgan fingerprint density at radius 3 is 2.14 bits per heavy atom. The Morgan fingerprint density at radius 1 is 1.00 bits per heavy atom. The minimum atomic E-state index is -4.17. The highest BCUT2D eigenvalue weighted by Gasteiger charge is 2.28. The summed E-state index contributed by atoms with van der Waals surface area (Å²) in [5.41, 5.74) is 0.388. The van der Waals surface area contributed by atoms with E-state index in [1.54, 1.807) is 0 Å². The molecule has 0 unspecified atom stereocenters. The number of rotatable bonds is 7. The fourth-order valence-electron chi connectivity index (χ4n) is 2.31. The monoisotopic (exact) mass is 427 g/mol. The molecule has 0 atom stereocenters. The summed E-state index contributed by atoms with van der Waals surface area (Å²) in [6.07, 6.45) is 0. The van der Waals surface area contributed by atoms with E-state index < -0.39 is 28.5 Å². The molecule has 0 N–H and O–H groups in total. The van der Waals surface area contributed by atoms with E-state index in [0.29, 0.717) is 5.75 Å². The molecule has 0 heterocycles. The standard InChI is InChI=1S/C18H18ClNO7S/c1-25-16-9-8-14(10-15(16)19)28(23,24)20(11-17(21)26-2)13-6-4-12(5-7-13)18(22)27-3/h4-10H,11H2,1-3H3. The average Bonchev–Trinajstić information content (AvgIpc) is 2.71. The van der Waals surface area contributed by atoms with Gasteiger partial charge in [0.1, 0.15) is 12.3 Å². The van der Waals surface area contributed by atoms with E-state index in [4.69, 9.17) is 16.3 Å². The van der Waals surface area contributed by atoms with Gasteiger partial charge in [-0.1, -0.05) is 11.6 Å². The number of halogens is 1. The Balaban J connectivity index is 2.51. The summed E-state index contributed by atoms with van der Waals surface area (Å²) < 4.78 is 41.4. The maximum absolute atomic E-state index is 13.1. The molecule has 0 amide bonds. The zero-order chi connectivity index (χ0) is 20.9. The van der Waals surface area contributed by atoms with Crippen molar-refractivity contribution >= 4 is 39.3 Å². The molecule has 0 radical (unpaired) electrons. The van der Waals surface area contributed by atoms with Crippen molar-refractivity contribution in [2.75, 3.05) is 32.2 Å². The van der Waals surface area contributed by atoms with Gasteiger partial charge in [0, 0.05) is 0 Å². The van der Waals surface area contributed by atoms with E-state index >= 15 is 0 Å². The smallest absolute Gasteiger partial charge is 0.337 e. The predicted octanol–water partition coefficient (Wildman–Crippen LogP) is 2.50. The molecule has 0 saturated heterocycles. The minimum Gasteiger partial charge on any atom is -0.495 e. The van der Waals surface area contributed by atoms with Gasteiger partial charge in [0.05, 0.1) is 42.5 Å². The molecule has 0 fully saturated rings. The van der Waals surface area contributed by atoms with Crippen molar-refractivity contribution in [1.29, 1.82) is 0 Å². The van der Waals surface area contributed by atoms with E-state index in [9.17, 15) is 18.0 Å². The van der Waals surface area contributed by atoms with Gasteiger partial charge in [0.2, 0.25) is 0 Å². The lowest BCUT2D eigenvalue weighted by Crippen LogP contribution is -2.36. The van der Waals surface area contributed by atoms with Crippen molar-refractivity contribution < 1.29 is 32.2 Å². The first-order valence-corrected chi connectivity index (χ1v) is 9.68. The van der Waals surface area contributed by atoms with Gasteiger partial charge in [-0.3, -0.25) is 9.10 Å². The second-order valence-electron chi connectivity index (χ2n) is 5.42. The van der Waals surface area contributed by atoms with Crippen LogP contribution in [0.1, 0.15) is 10.4 Å². The molecule has 2 aromatic rings. The van der Waals surface area contributed by atoms with Crippen LogP contribution in [0.15, 0.2) is 47.4 Å². The zero-order valence-corrected chi connectivity index (χ0v) is 16.9. The average molecular weight is 428 g/mol. The highest BCUT2D eigenvalue weighted by atomic mass is 35.5. The molecule has 0 aliphatic heterocycles. The van der Waals surface area contributed by atoms with Crippen molar-refractivity contribution in [3.63, 3.8) is 0 Å². The topological polar surface area (TPSA) is 99.2 Å². The number of sulfonamides is 1. The lowest BCUT2D eigenvalue weighted by atomic mass is 10.2. The fourth-order valence-corrected chi connectivity index (χ4v) is 4.07. The Labute approximate surface area is 167 Å². The molecule has 2 rings (SSSR count). The summed E-state index contributed by atoms with van der Waals surface area (Å²) in [6, 6.07) is 9.50. The van der Waals surface area contributed by atoms with Gasteiger partial charge >= 0.3 is 11.9 Å². The molecule has 10 heteroatoms. The molecule has 2 aromatic carbocycles. The first-order valence-electron chi connectivity index (χ1n) is 7.86. The summed E-state index contributed by atoms with van der Waals surface area (Å²) in [4.78, 5) is 23.3. The van der Waals surface area contributed by atoms with Crippen LogP contribution in [0.2, 0.25) is 5.02 Å². The SMILES string of the molecule is COC(=O)CN(c1ccc(C(=O)OC)cc1)S(=O)(=O)c1ccc(OC)c(Cl)c1. The number of hydrogen-bond acceptors (Lipinski definition) is 7. The Morgan fingerprint density at radius 2 is 1.64 bits per heavy atom. The predicted molar refractivity (Wildman–Crippen MR) is 102 cm³/mol. The molecule has 0 bridgehead atoms. The van der Waals surface area contributed by atoms with E-state index in [1.807, 2.05) is 0 Å². The highest BCUT2D eigenvalue weighted by molar-refractivity contribution is 7.92. The number of methoxy groups -OCH3 is 3. The third-order valence-corrected chi connectivity index (χ3v) is 5.85. The molecule has 0 aliphatic carbocycles. The van der Waals surface area contributed by atoms with E-state index in [2.05, 4.69) is 9.47 Å². The molecule has 0 saturated carbocycles. The van der Waals surface area contributed by atoms with Gasteiger partial charge in [0.25, 0.3) is 10.0 Å². The molecule has 28 heavy (non-hydrogen) atoms. The number of carbonyl (C=O) groups excluding carboxylic acids is 2. The number of anilines is 1. The minimum absolute atomic E-state index is 0.0997. The van der Waals surface area contributed by atoms with Gasteiger partial charge in [-0.25, -0.2) is 13.2 Å². The van der Waals surface area contributed by atoms with Crippen LogP contribution in [0.25, 0.3) is 0 Å². The normalized spacial score (nSPS) is 10.9. The van der Waals surface area contributed by atoms with E-state index in [0.717, 1.165) is 11.4 Å². The third-order valence-electron chi connectivity index (χ3n) is 3.79. The van der Waals surface area contributed by atoms with E-state index in [1.165, 1.54) is 56.7 Å². The second kappa shape index (κ2) is 8.94. The third kappa shape index (κ3) is 4.55. The first kappa shape index (κ1) is 21.5. The maximum Gasteiger partial charge on any atom is 0.337 e. The van der Waals surface area contributed by atoms with Crippen molar-refractivity contribution in [3.8, 4) is 5.75 Å². The van der Waals surface area contributed by atoms with Gasteiger partial charge < -0.3 is 14.2 Å². The molecular weight excluding hydrogens is 410 g/mol. The molecular formula is C18H18ClNO7S. The molecule has 150 valence electrons. The fraction of sp³-hybridized carbons (Fsp3) is 0.222. The van der Waals surface area contributed by atoms with Crippen molar-refractivity contribution in [3.05, 3.63) is 53.1 Å². The van der Waals surface area contributed by atoms with Crippen LogP contribution in [0.5, 0.6) is 5.75 Å². The maximum atomic E-state index is 13.1. The number of nitrogens with zero attached hydrogens (tertiary/aromatic N) is 1. The number of carbonyl (C=O) groups is 2. The van der Waals surface area contributed by atoms with E-state index in [-0.39, 0.29) is 21.2 Å². The lowest BCUT2D eigenvalue weighted by molar-refractivity contribution is -0.138. The molecule has 0 aromatic heterocycles. The van der Waals surface area contributed by atoms with Crippen LogP contribution in [0.4, 0.5) is 5.69 Å². The van der Waals surface area contributed by atoms with Crippen molar-refractivity contribution in [1.82, 2.24) is 0 Å². The zero-order valence-electron chi connectivity index (χ0n) is 15.3. The molecule has 0 aliphatic rings. The number of ether oxygens (including phenoxy) is 3. The van der Waals surface area contributed by atoms with Crippen molar-refractivity contribution in [2.45, 2.75) is 4.90 Å². The molecule has 0 spiro atoms. The van der Waals surface area contributed by atoms with Crippen LogP contribution < -0.4 is 9.04 Å². The van der Waals surface area contributed by atoms with Gasteiger partial charge in [0.15, 0.2) is 0 Å². The van der Waals surface area contributed by atoms with Gasteiger partial charge in [-0.2, -0.15) is 0 Å². The largest absolute Gasteiger partial charge is 0.495 e. The summed E-state index contributed by atoms with van der Waals surface area (Å²) >= 11 is 6.04. The summed E-state index contributed by atoms with van der Waals surface area (Å²) in [5, 5.41) is 0.0997. The second-order valence-corrected chi connectivity index (χ2v) is 7.69. The quantitative estimate of drug-likeness (QED) is 0.626. The van der Waals surface area contributed by atoms with Gasteiger partial charge in [-0.05, 0) is 42.5 Å². The molecule has 8 nitrogen and oxygen atoms in total.